The van der Waals surface area contributed by atoms with Crippen LogP contribution in [0.15, 0.2) is 34.7 Å². The molecule has 2 amide bonds. The zero-order valence-corrected chi connectivity index (χ0v) is 22.4. The largest absolute Gasteiger partial charge is 0.466 e. The van der Waals surface area contributed by atoms with Gasteiger partial charge in [0.05, 0.1) is 12.2 Å². The third-order valence-corrected chi connectivity index (χ3v) is 9.46. The van der Waals surface area contributed by atoms with Gasteiger partial charge in [-0.05, 0) is 89.6 Å². The normalized spacial score (nSPS) is 26.8. The summed E-state index contributed by atoms with van der Waals surface area (Å²) in [5.41, 5.74) is 3.37. The van der Waals surface area contributed by atoms with Gasteiger partial charge < -0.3 is 23.9 Å². The fourth-order valence-corrected chi connectivity index (χ4v) is 7.73. The van der Waals surface area contributed by atoms with Crippen molar-refractivity contribution in [3.8, 4) is 0 Å². The lowest BCUT2D eigenvalue weighted by molar-refractivity contribution is 0.0191. The highest BCUT2D eigenvalue weighted by Crippen LogP contribution is 2.45. The zero-order valence-electron chi connectivity index (χ0n) is 22.4. The molecule has 3 fully saturated rings. The highest BCUT2D eigenvalue weighted by Gasteiger charge is 2.48. The summed E-state index contributed by atoms with van der Waals surface area (Å²) < 4.78 is 11.0. The van der Waals surface area contributed by atoms with Gasteiger partial charge >= 0.3 is 6.09 Å². The molecule has 37 heavy (non-hydrogen) atoms. The Bertz CT molecular complexity index is 1170. The first-order valence-corrected chi connectivity index (χ1v) is 14.0. The van der Waals surface area contributed by atoms with E-state index in [-0.39, 0.29) is 17.4 Å². The molecule has 2 bridgehead atoms. The Labute approximate surface area is 219 Å². The Morgan fingerprint density at radius 1 is 1.05 bits per heavy atom. The second-order valence-electron chi connectivity index (χ2n) is 11.6. The van der Waals surface area contributed by atoms with Gasteiger partial charge in [-0.15, -0.1) is 0 Å². The highest BCUT2D eigenvalue weighted by atomic mass is 16.6. The Balaban J connectivity index is 1.18. The van der Waals surface area contributed by atoms with Crippen LogP contribution in [0.25, 0.3) is 0 Å². The zero-order chi connectivity index (χ0) is 25.7. The van der Waals surface area contributed by atoms with Crippen molar-refractivity contribution >= 4 is 12.0 Å². The van der Waals surface area contributed by atoms with Crippen molar-refractivity contribution in [3.05, 3.63) is 58.5 Å². The first-order valence-electron chi connectivity index (χ1n) is 14.0. The third-order valence-electron chi connectivity index (χ3n) is 9.46. The molecule has 4 aliphatic rings. The van der Waals surface area contributed by atoms with Gasteiger partial charge in [-0.3, -0.25) is 4.79 Å². The monoisotopic (exact) mass is 505 g/mol. The Morgan fingerprint density at radius 3 is 2.41 bits per heavy atom. The van der Waals surface area contributed by atoms with Gasteiger partial charge in [-0.2, -0.15) is 0 Å². The van der Waals surface area contributed by atoms with Crippen LogP contribution in [0.5, 0.6) is 0 Å². The molecule has 5 heterocycles. The van der Waals surface area contributed by atoms with Gasteiger partial charge in [0, 0.05) is 36.6 Å². The lowest BCUT2D eigenvalue weighted by Crippen LogP contribution is -2.57. The van der Waals surface area contributed by atoms with Crippen molar-refractivity contribution in [2.45, 2.75) is 89.4 Å². The van der Waals surface area contributed by atoms with Crippen LogP contribution in [-0.4, -0.2) is 71.1 Å². The number of aryl methyl sites for hydroxylation is 2. The van der Waals surface area contributed by atoms with Crippen LogP contribution in [0.2, 0.25) is 0 Å². The first kappa shape index (κ1) is 24.5. The van der Waals surface area contributed by atoms with E-state index in [1.165, 1.54) is 11.1 Å². The minimum Gasteiger partial charge on any atom is -0.466 e. The molecule has 0 radical (unpaired) electrons. The number of furan rings is 1. The fraction of sp³-hybridized carbons (Fsp3) is 0.600. The number of nitrogens with zero attached hydrogens (tertiary/aromatic N) is 3. The SMILES string of the molecule is CCOC(=O)N1C2CCC1CC(N1CCC3(CC1)CN(C(=O)c1cc(C)oc1C)Cc1ccccc13)C2. The van der Waals surface area contributed by atoms with Crippen LogP contribution in [-0.2, 0) is 16.7 Å². The molecule has 6 rings (SSSR count). The van der Waals surface area contributed by atoms with Gasteiger partial charge in [0.15, 0.2) is 0 Å². The Hall–Kier alpha value is -2.80. The van der Waals surface area contributed by atoms with E-state index in [4.69, 9.17) is 9.15 Å². The first-order chi connectivity index (χ1) is 17.9. The molecule has 1 spiro atoms. The average Bonchev–Trinajstić information content (AvgIpc) is 3.37. The third kappa shape index (κ3) is 4.25. The standard InChI is InChI=1S/C30H39N3O4/c1-4-36-29(35)33-23-9-10-24(33)17-25(16-23)31-13-11-30(12-14-31)19-32(18-22-7-5-6-8-27(22)30)28(34)26-15-20(2)37-21(26)3/h5-8,15,23-25H,4,9-14,16-19H2,1-3H3. The number of amides is 2. The van der Waals surface area contributed by atoms with Crippen LogP contribution in [0.3, 0.4) is 0 Å². The molecule has 0 saturated carbocycles. The molecule has 1 aromatic carbocycles. The van der Waals surface area contributed by atoms with E-state index in [9.17, 15) is 9.59 Å². The second kappa shape index (κ2) is 9.50. The highest BCUT2D eigenvalue weighted by molar-refractivity contribution is 5.95. The maximum absolute atomic E-state index is 13.6. The van der Waals surface area contributed by atoms with Gasteiger partial charge in [0.2, 0.25) is 0 Å². The summed E-state index contributed by atoms with van der Waals surface area (Å²) in [5, 5.41) is 0. The summed E-state index contributed by atoms with van der Waals surface area (Å²) in [5.74, 6) is 1.56. The van der Waals surface area contributed by atoms with Crippen LogP contribution in [0.4, 0.5) is 4.79 Å². The smallest absolute Gasteiger partial charge is 0.410 e. The summed E-state index contributed by atoms with van der Waals surface area (Å²) >= 11 is 0. The number of benzene rings is 1. The molecule has 7 heteroatoms. The molecule has 3 saturated heterocycles. The average molecular weight is 506 g/mol. The lowest BCUT2D eigenvalue weighted by Gasteiger charge is -2.51. The van der Waals surface area contributed by atoms with Gasteiger partial charge in [0.1, 0.15) is 11.5 Å². The summed E-state index contributed by atoms with van der Waals surface area (Å²) in [6, 6.07) is 11.7. The van der Waals surface area contributed by atoms with E-state index in [0.29, 0.717) is 42.6 Å². The van der Waals surface area contributed by atoms with Gasteiger partial charge in [0.25, 0.3) is 5.91 Å². The number of fused-ring (bicyclic) bond motifs is 4. The van der Waals surface area contributed by atoms with Crippen LogP contribution >= 0.6 is 0 Å². The molecular weight excluding hydrogens is 466 g/mol. The van der Waals surface area contributed by atoms with Crippen LogP contribution in [0.1, 0.15) is 78.5 Å². The van der Waals surface area contributed by atoms with Crippen LogP contribution < -0.4 is 0 Å². The molecular formula is C30H39N3O4. The van der Waals surface area contributed by atoms with E-state index in [2.05, 4.69) is 29.2 Å². The number of carbonyl (C=O) groups excluding carboxylic acids is 2. The number of rotatable bonds is 3. The minimum absolute atomic E-state index is 0.0156. The van der Waals surface area contributed by atoms with E-state index < -0.39 is 0 Å². The summed E-state index contributed by atoms with van der Waals surface area (Å²) in [6.45, 7) is 9.57. The topological polar surface area (TPSA) is 66.2 Å². The maximum atomic E-state index is 13.6. The molecule has 198 valence electrons. The predicted molar refractivity (Wildman–Crippen MR) is 141 cm³/mol. The minimum atomic E-state index is -0.127. The molecule has 2 atom stereocenters. The van der Waals surface area contributed by atoms with E-state index >= 15 is 0 Å². The number of hydrogen-bond donors (Lipinski definition) is 0. The molecule has 0 aliphatic carbocycles. The van der Waals surface area contributed by atoms with Crippen LogP contribution in [0, 0.1) is 13.8 Å². The van der Waals surface area contributed by atoms with Crippen molar-refractivity contribution in [2.24, 2.45) is 0 Å². The van der Waals surface area contributed by atoms with Crippen molar-refractivity contribution in [3.63, 3.8) is 0 Å². The Kier molecular flexibility index (Phi) is 6.30. The molecule has 0 N–H and O–H groups in total. The van der Waals surface area contributed by atoms with E-state index in [0.717, 1.165) is 63.9 Å². The van der Waals surface area contributed by atoms with Crippen molar-refractivity contribution in [1.82, 2.24) is 14.7 Å². The fourth-order valence-electron chi connectivity index (χ4n) is 7.73. The van der Waals surface area contributed by atoms with Crippen molar-refractivity contribution < 1.29 is 18.7 Å². The van der Waals surface area contributed by atoms with E-state index in [1.807, 2.05) is 36.6 Å². The summed E-state index contributed by atoms with van der Waals surface area (Å²) in [4.78, 5) is 32.9. The van der Waals surface area contributed by atoms with Gasteiger partial charge in [-0.1, -0.05) is 24.3 Å². The van der Waals surface area contributed by atoms with Crippen molar-refractivity contribution in [1.29, 1.82) is 0 Å². The van der Waals surface area contributed by atoms with Crippen molar-refractivity contribution in [2.75, 3.05) is 26.2 Å². The quantitative estimate of drug-likeness (QED) is 0.585. The van der Waals surface area contributed by atoms with E-state index in [1.54, 1.807) is 0 Å². The molecule has 7 nitrogen and oxygen atoms in total. The Morgan fingerprint density at radius 2 is 1.76 bits per heavy atom. The summed E-state index contributed by atoms with van der Waals surface area (Å²) in [6.07, 6.45) is 6.24. The molecule has 4 aliphatic heterocycles. The number of likely N-dealkylation sites (tertiary alicyclic amines) is 1. The molecule has 1 aromatic heterocycles. The number of hydrogen-bond acceptors (Lipinski definition) is 5. The maximum Gasteiger partial charge on any atom is 0.410 e. The summed E-state index contributed by atoms with van der Waals surface area (Å²) in [7, 11) is 0. The predicted octanol–water partition coefficient (Wildman–Crippen LogP) is 5.04. The number of ether oxygens (including phenoxy) is 1. The number of piperidine rings is 2. The lowest BCUT2D eigenvalue weighted by atomic mass is 9.68. The van der Waals surface area contributed by atoms with Gasteiger partial charge in [-0.25, -0.2) is 4.79 Å². The second-order valence-corrected chi connectivity index (χ2v) is 11.6. The molecule has 2 unspecified atom stereocenters. The molecule has 2 aromatic rings. The number of carbonyl (C=O) groups is 2.